The number of hydrogen-bond donors (Lipinski definition) is 0. The van der Waals surface area contributed by atoms with Gasteiger partial charge in [-0.1, -0.05) is 32.5 Å². The van der Waals surface area contributed by atoms with E-state index in [9.17, 15) is 4.79 Å². The summed E-state index contributed by atoms with van der Waals surface area (Å²) in [5, 5.41) is 0.241. The van der Waals surface area contributed by atoms with Crippen LogP contribution in [-0.2, 0) is 19.0 Å². The van der Waals surface area contributed by atoms with Crippen LogP contribution in [0.3, 0.4) is 0 Å². The molecule has 0 unspecified atom stereocenters. The highest BCUT2D eigenvalue weighted by Gasteiger charge is 2.45. The van der Waals surface area contributed by atoms with Crippen LogP contribution in [0.1, 0.15) is 53.9 Å². The predicted molar refractivity (Wildman–Crippen MR) is 86.2 cm³/mol. The number of carbonyl (C=O) groups excluding carboxylic acids is 1. The van der Waals surface area contributed by atoms with Crippen molar-refractivity contribution in [2.24, 2.45) is 11.8 Å². The molecule has 1 saturated heterocycles. The van der Waals surface area contributed by atoms with Crippen LogP contribution in [0.5, 0.6) is 0 Å². The highest BCUT2D eigenvalue weighted by atomic mass is 32.2. The first-order valence-corrected chi connectivity index (χ1v) is 9.08. The van der Waals surface area contributed by atoms with Gasteiger partial charge >= 0.3 is 0 Å². The smallest absolute Gasteiger partial charge is 0.283 e. The summed E-state index contributed by atoms with van der Waals surface area (Å²) in [6, 6.07) is 0. The Morgan fingerprint density at radius 3 is 2.38 bits per heavy atom. The zero-order chi connectivity index (χ0) is 15.9. The molecule has 0 amide bonds. The molecular formula is C16H30O4S. The SMILES string of the molecule is CCOC1(OCC)CC[C@@H](C(=O)SCC)[C@@H](CC(C)C)O1. The molecule has 4 nitrogen and oxygen atoms in total. The zero-order valence-corrected chi connectivity index (χ0v) is 14.8. The second-order valence-electron chi connectivity index (χ2n) is 5.73. The molecule has 124 valence electrons. The van der Waals surface area contributed by atoms with Gasteiger partial charge in [-0.2, -0.15) is 0 Å². The van der Waals surface area contributed by atoms with E-state index in [0.717, 1.165) is 18.6 Å². The lowest BCUT2D eigenvalue weighted by Crippen LogP contribution is -2.50. The summed E-state index contributed by atoms with van der Waals surface area (Å²) in [6.07, 6.45) is 2.11. The number of hydrogen-bond acceptors (Lipinski definition) is 5. The van der Waals surface area contributed by atoms with Crippen molar-refractivity contribution in [3.05, 3.63) is 0 Å². The maximum Gasteiger partial charge on any atom is 0.283 e. The van der Waals surface area contributed by atoms with E-state index in [2.05, 4.69) is 13.8 Å². The van der Waals surface area contributed by atoms with Crippen LogP contribution in [0.25, 0.3) is 0 Å². The third kappa shape index (κ3) is 5.55. The Morgan fingerprint density at radius 1 is 1.29 bits per heavy atom. The first-order chi connectivity index (χ1) is 9.98. The standard InChI is InChI=1S/C16H30O4S/c1-6-18-16(19-7-2)10-9-13(15(17)21-8-3)14(20-16)11-12(4)5/h12-14H,6-11H2,1-5H3/t13-,14-/m1/s1. The van der Waals surface area contributed by atoms with Crippen molar-refractivity contribution in [2.75, 3.05) is 19.0 Å². The average Bonchev–Trinajstić information content (AvgIpc) is 2.39. The minimum atomic E-state index is -0.962. The minimum Gasteiger partial charge on any atom is -0.328 e. The second kappa shape index (κ2) is 9.13. The van der Waals surface area contributed by atoms with E-state index in [4.69, 9.17) is 14.2 Å². The molecule has 1 heterocycles. The van der Waals surface area contributed by atoms with E-state index in [1.165, 1.54) is 11.8 Å². The van der Waals surface area contributed by atoms with Gasteiger partial charge in [0.05, 0.1) is 12.0 Å². The van der Waals surface area contributed by atoms with Gasteiger partial charge in [-0.25, -0.2) is 0 Å². The number of carbonyl (C=O) groups is 1. The fourth-order valence-electron chi connectivity index (χ4n) is 2.78. The van der Waals surface area contributed by atoms with Gasteiger partial charge in [-0.15, -0.1) is 0 Å². The van der Waals surface area contributed by atoms with Crippen LogP contribution in [0.4, 0.5) is 0 Å². The molecule has 0 N–H and O–H groups in total. The van der Waals surface area contributed by atoms with Gasteiger partial charge < -0.3 is 14.2 Å². The Hall–Kier alpha value is -0.100. The molecule has 5 heteroatoms. The highest BCUT2D eigenvalue weighted by molar-refractivity contribution is 8.13. The van der Waals surface area contributed by atoms with Crippen LogP contribution in [0.15, 0.2) is 0 Å². The van der Waals surface area contributed by atoms with Crippen molar-refractivity contribution in [3.63, 3.8) is 0 Å². The van der Waals surface area contributed by atoms with Gasteiger partial charge in [0, 0.05) is 19.6 Å². The number of thioether (sulfide) groups is 1. The van der Waals surface area contributed by atoms with Crippen molar-refractivity contribution >= 4 is 16.9 Å². The van der Waals surface area contributed by atoms with Gasteiger partial charge in [0.1, 0.15) is 0 Å². The lowest BCUT2D eigenvalue weighted by Gasteiger charge is -2.43. The summed E-state index contributed by atoms with van der Waals surface area (Å²) >= 11 is 1.39. The normalized spacial score (nSPS) is 25.2. The number of rotatable bonds is 8. The van der Waals surface area contributed by atoms with E-state index in [1.807, 2.05) is 20.8 Å². The molecule has 1 fully saturated rings. The minimum absolute atomic E-state index is 0.0496. The number of ether oxygens (including phenoxy) is 3. The lowest BCUT2D eigenvalue weighted by atomic mass is 9.88. The molecule has 0 aliphatic carbocycles. The maximum atomic E-state index is 12.3. The van der Waals surface area contributed by atoms with E-state index in [1.54, 1.807) is 0 Å². The van der Waals surface area contributed by atoms with Crippen molar-refractivity contribution < 1.29 is 19.0 Å². The topological polar surface area (TPSA) is 44.8 Å². The Labute approximate surface area is 133 Å². The summed E-state index contributed by atoms with van der Waals surface area (Å²) in [5.41, 5.74) is 0. The summed E-state index contributed by atoms with van der Waals surface area (Å²) in [4.78, 5) is 12.3. The monoisotopic (exact) mass is 318 g/mol. The third-order valence-corrected chi connectivity index (χ3v) is 4.44. The Kier molecular flexibility index (Phi) is 8.24. The maximum absolute atomic E-state index is 12.3. The van der Waals surface area contributed by atoms with Gasteiger partial charge in [-0.3, -0.25) is 4.79 Å². The van der Waals surface area contributed by atoms with Gasteiger partial charge in [0.2, 0.25) is 0 Å². The fraction of sp³-hybridized carbons (Fsp3) is 0.938. The molecule has 0 aromatic carbocycles. The van der Waals surface area contributed by atoms with Crippen molar-refractivity contribution in [2.45, 2.75) is 66.0 Å². The lowest BCUT2D eigenvalue weighted by molar-refractivity contribution is -0.410. The van der Waals surface area contributed by atoms with Crippen LogP contribution in [0, 0.1) is 11.8 Å². The molecule has 0 aromatic rings. The molecule has 21 heavy (non-hydrogen) atoms. The van der Waals surface area contributed by atoms with E-state index in [-0.39, 0.29) is 17.1 Å². The summed E-state index contributed by atoms with van der Waals surface area (Å²) < 4.78 is 17.7. The van der Waals surface area contributed by atoms with Crippen molar-refractivity contribution in [3.8, 4) is 0 Å². The van der Waals surface area contributed by atoms with Gasteiger partial charge in [0.25, 0.3) is 5.97 Å². The largest absolute Gasteiger partial charge is 0.328 e. The molecule has 0 bridgehead atoms. The molecular weight excluding hydrogens is 288 g/mol. The van der Waals surface area contributed by atoms with Crippen molar-refractivity contribution in [1.82, 2.24) is 0 Å². The quantitative estimate of drug-likeness (QED) is 0.636. The van der Waals surface area contributed by atoms with Crippen LogP contribution < -0.4 is 0 Å². The molecule has 0 saturated carbocycles. The molecule has 0 radical (unpaired) electrons. The van der Waals surface area contributed by atoms with Crippen molar-refractivity contribution in [1.29, 1.82) is 0 Å². The first-order valence-electron chi connectivity index (χ1n) is 8.10. The van der Waals surface area contributed by atoms with E-state index >= 15 is 0 Å². The Balaban J connectivity index is 2.85. The van der Waals surface area contributed by atoms with Crippen LogP contribution in [-0.4, -0.2) is 36.2 Å². The van der Waals surface area contributed by atoms with E-state index < -0.39 is 5.97 Å². The second-order valence-corrected chi connectivity index (χ2v) is 7.00. The average molecular weight is 318 g/mol. The molecule has 1 rings (SSSR count). The summed E-state index contributed by atoms with van der Waals surface area (Å²) in [6.45, 7) is 11.3. The highest BCUT2D eigenvalue weighted by Crippen LogP contribution is 2.39. The predicted octanol–water partition coefficient (Wildman–Crippen LogP) is 3.83. The van der Waals surface area contributed by atoms with Crippen LogP contribution >= 0.6 is 11.8 Å². The molecule has 1 aliphatic rings. The first kappa shape index (κ1) is 18.9. The summed E-state index contributed by atoms with van der Waals surface area (Å²) in [5.74, 6) is 0.269. The van der Waals surface area contributed by atoms with Gasteiger partial charge in [-0.05, 0) is 38.4 Å². The summed E-state index contributed by atoms with van der Waals surface area (Å²) in [7, 11) is 0. The third-order valence-electron chi connectivity index (χ3n) is 3.56. The zero-order valence-electron chi connectivity index (χ0n) is 14.0. The molecule has 1 aliphatic heterocycles. The van der Waals surface area contributed by atoms with E-state index in [0.29, 0.717) is 25.6 Å². The Bertz CT molecular complexity index is 313. The molecule has 2 atom stereocenters. The Morgan fingerprint density at radius 2 is 1.90 bits per heavy atom. The molecule has 0 aromatic heterocycles. The fourth-order valence-corrected chi connectivity index (χ4v) is 3.55. The molecule has 0 spiro atoms. The van der Waals surface area contributed by atoms with Gasteiger partial charge in [0.15, 0.2) is 5.12 Å². The van der Waals surface area contributed by atoms with Crippen LogP contribution in [0.2, 0.25) is 0 Å².